The lowest BCUT2D eigenvalue weighted by Crippen LogP contribution is -2.42. The number of benzene rings is 2. The average molecular weight is 438 g/mol. The number of carboxylic acids is 1. The Balaban J connectivity index is 1.21. The Kier molecular flexibility index (Phi) is 6.14. The minimum atomic E-state index is -1.87. The topological polar surface area (TPSA) is 116 Å². The van der Waals surface area contributed by atoms with Gasteiger partial charge in [-0.05, 0) is 28.7 Å². The van der Waals surface area contributed by atoms with E-state index in [-0.39, 0.29) is 50.9 Å². The van der Waals surface area contributed by atoms with Crippen molar-refractivity contribution in [3.05, 3.63) is 59.7 Å². The van der Waals surface area contributed by atoms with Gasteiger partial charge in [0.05, 0.1) is 6.54 Å². The molecule has 1 fully saturated rings. The fourth-order valence-corrected chi connectivity index (χ4v) is 4.42. The third-order valence-electron chi connectivity index (χ3n) is 6.18. The van der Waals surface area contributed by atoms with E-state index in [4.69, 9.17) is 9.84 Å². The van der Waals surface area contributed by atoms with Crippen molar-refractivity contribution >= 4 is 18.0 Å². The predicted molar refractivity (Wildman–Crippen MR) is 116 cm³/mol. The Bertz CT molecular complexity index is 993. The standard InChI is InChI=1S/C24H26N2O6/c27-21(26-13-11-24(31,15-26)22(28)29)10-5-12-25-23(30)32-14-20-18-8-3-1-6-16(18)17-7-2-4-9-19(17)20/h1-4,6-9,20,31H,5,10-15H2,(H,25,30)(H,28,29). The van der Waals surface area contributed by atoms with Crippen LogP contribution in [0.25, 0.3) is 11.1 Å². The molecule has 0 aromatic heterocycles. The number of nitrogens with zero attached hydrogens (tertiary/aromatic N) is 1. The first-order chi connectivity index (χ1) is 15.4. The summed E-state index contributed by atoms with van der Waals surface area (Å²) in [7, 11) is 0. The molecule has 2 aromatic carbocycles. The first kappa shape index (κ1) is 21.8. The summed E-state index contributed by atoms with van der Waals surface area (Å²) in [6.07, 6.45) is 0.0249. The van der Waals surface area contributed by atoms with Crippen molar-refractivity contribution in [3.8, 4) is 11.1 Å². The van der Waals surface area contributed by atoms with Gasteiger partial charge >= 0.3 is 12.1 Å². The number of nitrogens with one attached hydrogen (secondary N) is 1. The molecule has 2 amide bonds. The molecule has 168 valence electrons. The highest BCUT2D eigenvalue weighted by Gasteiger charge is 2.44. The largest absolute Gasteiger partial charge is 0.479 e. The van der Waals surface area contributed by atoms with Crippen LogP contribution in [0.1, 0.15) is 36.3 Å². The van der Waals surface area contributed by atoms with Gasteiger partial charge in [-0.2, -0.15) is 0 Å². The number of ether oxygens (including phenoxy) is 1. The van der Waals surface area contributed by atoms with Gasteiger partial charge in [-0.15, -0.1) is 0 Å². The number of hydrogen-bond donors (Lipinski definition) is 3. The number of rotatable bonds is 7. The van der Waals surface area contributed by atoms with E-state index < -0.39 is 17.7 Å². The van der Waals surface area contributed by atoms with Gasteiger partial charge in [-0.3, -0.25) is 4.79 Å². The van der Waals surface area contributed by atoms with Gasteiger partial charge in [-0.1, -0.05) is 48.5 Å². The smallest absolute Gasteiger partial charge is 0.407 e. The van der Waals surface area contributed by atoms with Crippen molar-refractivity contribution in [2.75, 3.05) is 26.2 Å². The maximum atomic E-state index is 12.2. The van der Waals surface area contributed by atoms with E-state index in [1.165, 1.54) is 4.90 Å². The summed E-state index contributed by atoms with van der Waals surface area (Å²) in [6, 6.07) is 16.2. The number of aliphatic carboxylic acids is 1. The predicted octanol–water partition coefficient (Wildman–Crippen LogP) is 2.35. The first-order valence-corrected chi connectivity index (χ1v) is 10.7. The molecule has 1 heterocycles. The van der Waals surface area contributed by atoms with Crippen LogP contribution in [0.5, 0.6) is 0 Å². The van der Waals surface area contributed by atoms with Crippen LogP contribution in [0.15, 0.2) is 48.5 Å². The van der Waals surface area contributed by atoms with Crippen molar-refractivity contribution < 1.29 is 29.3 Å². The second-order valence-corrected chi connectivity index (χ2v) is 8.26. The molecule has 0 radical (unpaired) electrons. The zero-order valence-corrected chi connectivity index (χ0v) is 17.6. The first-order valence-electron chi connectivity index (χ1n) is 10.7. The minimum absolute atomic E-state index is 0.0159. The number of alkyl carbamates (subject to hydrolysis) is 1. The highest BCUT2D eigenvalue weighted by atomic mass is 16.5. The van der Waals surface area contributed by atoms with Crippen LogP contribution < -0.4 is 5.32 Å². The minimum Gasteiger partial charge on any atom is -0.479 e. The molecule has 3 N–H and O–H groups in total. The van der Waals surface area contributed by atoms with Gasteiger partial charge < -0.3 is 25.2 Å². The van der Waals surface area contributed by atoms with Crippen LogP contribution in [0.3, 0.4) is 0 Å². The van der Waals surface area contributed by atoms with Crippen LogP contribution in [0.2, 0.25) is 0 Å². The number of β-amino-alcohol motifs (C(OH)–C–C–N with tert-alkyl or cyclic N) is 1. The lowest BCUT2D eigenvalue weighted by Gasteiger charge is -2.19. The number of fused-ring (bicyclic) bond motifs is 3. The van der Waals surface area contributed by atoms with Crippen molar-refractivity contribution in [2.24, 2.45) is 0 Å². The van der Waals surface area contributed by atoms with Gasteiger partial charge in [0.15, 0.2) is 5.60 Å². The summed E-state index contributed by atoms with van der Waals surface area (Å²) in [4.78, 5) is 36.8. The molecule has 4 rings (SSSR count). The molecule has 1 aliphatic carbocycles. The maximum absolute atomic E-state index is 12.2. The lowest BCUT2D eigenvalue weighted by atomic mass is 9.98. The number of carbonyl (C=O) groups is 3. The normalized spacial score (nSPS) is 19.3. The number of likely N-dealkylation sites (tertiary alicyclic amines) is 1. The van der Waals surface area contributed by atoms with Crippen LogP contribution in [0.4, 0.5) is 4.79 Å². The molecule has 0 saturated carbocycles. The van der Waals surface area contributed by atoms with Gasteiger partial charge in [0.1, 0.15) is 6.61 Å². The molecule has 8 nitrogen and oxygen atoms in total. The second kappa shape index (κ2) is 9.00. The monoisotopic (exact) mass is 438 g/mol. The Morgan fingerprint density at radius 3 is 2.28 bits per heavy atom. The number of carbonyl (C=O) groups excluding carboxylic acids is 2. The van der Waals surface area contributed by atoms with Gasteiger partial charge in [0.2, 0.25) is 5.91 Å². The molecule has 1 aliphatic heterocycles. The fourth-order valence-electron chi connectivity index (χ4n) is 4.42. The number of aliphatic hydroxyl groups is 1. The third kappa shape index (κ3) is 4.31. The fraction of sp³-hybridized carbons (Fsp3) is 0.375. The van der Waals surface area contributed by atoms with Gasteiger partial charge in [-0.25, -0.2) is 9.59 Å². The summed E-state index contributed by atoms with van der Waals surface area (Å²) >= 11 is 0. The summed E-state index contributed by atoms with van der Waals surface area (Å²) in [6.45, 7) is 0.488. The Morgan fingerprint density at radius 2 is 1.69 bits per heavy atom. The molecular formula is C24H26N2O6. The molecule has 2 aliphatic rings. The lowest BCUT2D eigenvalue weighted by molar-refractivity contribution is -0.157. The highest BCUT2D eigenvalue weighted by Crippen LogP contribution is 2.44. The molecule has 32 heavy (non-hydrogen) atoms. The number of carboxylic acid groups (broad SMARTS) is 1. The van der Waals surface area contributed by atoms with E-state index >= 15 is 0 Å². The van der Waals surface area contributed by atoms with Gasteiger partial charge in [0, 0.05) is 31.8 Å². The molecule has 2 aromatic rings. The van der Waals surface area contributed by atoms with E-state index in [0.29, 0.717) is 6.42 Å². The van der Waals surface area contributed by atoms with E-state index in [0.717, 1.165) is 22.3 Å². The Morgan fingerprint density at radius 1 is 1.06 bits per heavy atom. The molecular weight excluding hydrogens is 412 g/mol. The SMILES string of the molecule is O=C(NCCCC(=O)N1CCC(O)(C(=O)O)C1)OCC1c2ccccc2-c2ccccc21. The zero-order valence-electron chi connectivity index (χ0n) is 17.6. The maximum Gasteiger partial charge on any atom is 0.407 e. The summed E-state index contributed by atoms with van der Waals surface area (Å²) in [5.41, 5.74) is 2.73. The van der Waals surface area contributed by atoms with Crippen molar-refractivity contribution in [2.45, 2.75) is 30.8 Å². The number of hydrogen-bond acceptors (Lipinski definition) is 5. The van der Waals surface area contributed by atoms with E-state index in [2.05, 4.69) is 29.6 Å². The molecule has 8 heteroatoms. The van der Waals surface area contributed by atoms with Crippen molar-refractivity contribution in [3.63, 3.8) is 0 Å². The molecule has 1 saturated heterocycles. The Labute approximate surface area is 185 Å². The highest BCUT2D eigenvalue weighted by molar-refractivity contribution is 5.82. The summed E-state index contributed by atoms with van der Waals surface area (Å²) in [5, 5.41) is 21.6. The van der Waals surface area contributed by atoms with E-state index in [9.17, 15) is 19.5 Å². The van der Waals surface area contributed by atoms with Crippen LogP contribution in [-0.4, -0.2) is 64.9 Å². The molecule has 0 bridgehead atoms. The Hall–Kier alpha value is -3.39. The number of amides is 2. The van der Waals surface area contributed by atoms with Crippen LogP contribution >= 0.6 is 0 Å². The molecule has 1 unspecified atom stereocenters. The molecule has 0 spiro atoms. The van der Waals surface area contributed by atoms with Crippen LogP contribution in [0, 0.1) is 0 Å². The van der Waals surface area contributed by atoms with E-state index in [1.54, 1.807) is 0 Å². The van der Waals surface area contributed by atoms with Crippen molar-refractivity contribution in [1.29, 1.82) is 0 Å². The third-order valence-corrected chi connectivity index (χ3v) is 6.18. The quantitative estimate of drug-likeness (QED) is 0.572. The van der Waals surface area contributed by atoms with Gasteiger partial charge in [0.25, 0.3) is 0 Å². The van der Waals surface area contributed by atoms with Crippen molar-refractivity contribution in [1.82, 2.24) is 10.2 Å². The summed E-state index contributed by atoms with van der Waals surface area (Å²) < 4.78 is 5.46. The second-order valence-electron chi connectivity index (χ2n) is 8.26. The van der Waals surface area contributed by atoms with E-state index in [1.807, 2.05) is 24.3 Å². The summed E-state index contributed by atoms with van der Waals surface area (Å²) in [5.74, 6) is -1.57. The molecule has 1 atom stereocenters. The van der Waals surface area contributed by atoms with Crippen LogP contribution in [-0.2, 0) is 14.3 Å². The zero-order chi connectivity index (χ0) is 22.7. The average Bonchev–Trinajstić information content (AvgIpc) is 3.35.